The number of rotatable bonds is 3. The third-order valence-electron chi connectivity index (χ3n) is 3.52. The van der Waals surface area contributed by atoms with Crippen LogP contribution in [-0.2, 0) is 19.9 Å². The average molecular weight is 306 g/mol. The third-order valence-corrected chi connectivity index (χ3v) is 5.01. The highest BCUT2D eigenvalue weighted by Crippen LogP contribution is 2.34. The summed E-state index contributed by atoms with van der Waals surface area (Å²) in [6.07, 6.45) is 5.73. The Bertz CT molecular complexity index is 375. The minimum Gasteiger partial charge on any atom is -0.271 e. The van der Waals surface area contributed by atoms with Crippen LogP contribution in [-0.4, -0.2) is 15.2 Å². The van der Waals surface area contributed by atoms with Gasteiger partial charge in [-0.3, -0.25) is 4.68 Å². The van der Waals surface area contributed by atoms with E-state index in [9.17, 15) is 0 Å². The summed E-state index contributed by atoms with van der Waals surface area (Å²) < 4.78 is 3.19. The fourth-order valence-electron chi connectivity index (χ4n) is 2.51. The summed E-state index contributed by atoms with van der Waals surface area (Å²) in [6.45, 7) is 2.14. The van der Waals surface area contributed by atoms with Crippen molar-refractivity contribution < 1.29 is 0 Å². The first-order chi connectivity index (χ1) is 7.63. The van der Waals surface area contributed by atoms with E-state index in [0.717, 1.165) is 18.5 Å². The molecule has 2 nitrogen and oxygen atoms in total. The van der Waals surface area contributed by atoms with Crippen molar-refractivity contribution in [3.63, 3.8) is 0 Å². The van der Waals surface area contributed by atoms with Crippen molar-refractivity contribution >= 4 is 27.5 Å². The Hall–Kier alpha value is -0.0200. The molecule has 16 heavy (non-hydrogen) atoms. The number of aryl methyl sites for hydroxylation is 2. The summed E-state index contributed by atoms with van der Waals surface area (Å²) in [4.78, 5) is 0. The average Bonchev–Trinajstić information content (AvgIpc) is 2.77. The summed E-state index contributed by atoms with van der Waals surface area (Å²) >= 11 is 9.99. The van der Waals surface area contributed by atoms with Crippen molar-refractivity contribution in [2.75, 3.05) is 0 Å². The maximum atomic E-state index is 6.33. The Kier molecular flexibility index (Phi) is 3.96. The van der Waals surface area contributed by atoms with Gasteiger partial charge < -0.3 is 0 Å². The number of nitrogens with zero attached hydrogens (tertiary/aromatic N) is 2. The molecule has 0 N–H and O–H groups in total. The Morgan fingerprint density at radius 3 is 2.75 bits per heavy atom. The predicted octanol–water partition coefficient (Wildman–Crippen LogP) is 3.70. The van der Waals surface area contributed by atoms with Crippen molar-refractivity contribution in [1.82, 2.24) is 9.78 Å². The van der Waals surface area contributed by atoms with Gasteiger partial charge in [0, 0.05) is 12.4 Å². The van der Waals surface area contributed by atoms with E-state index >= 15 is 0 Å². The van der Waals surface area contributed by atoms with Crippen molar-refractivity contribution in [3.05, 3.63) is 15.9 Å². The molecular formula is C12H18BrClN2. The van der Waals surface area contributed by atoms with Gasteiger partial charge in [0.05, 0.1) is 15.9 Å². The first-order valence-corrected chi connectivity index (χ1v) is 7.20. The van der Waals surface area contributed by atoms with Gasteiger partial charge in [0.25, 0.3) is 0 Å². The minimum atomic E-state index is 0.354. The second-order valence-electron chi connectivity index (χ2n) is 4.60. The van der Waals surface area contributed by atoms with Crippen LogP contribution in [0.4, 0.5) is 0 Å². The molecule has 1 aliphatic carbocycles. The zero-order chi connectivity index (χ0) is 11.7. The van der Waals surface area contributed by atoms with Crippen LogP contribution >= 0.6 is 27.5 Å². The molecule has 1 aromatic heterocycles. The zero-order valence-electron chi connectivity index (χ0n) is 9.84. The molecule has 0 radical (unpaired) electrons. The van der Waals surface area contributed by atoms with Crippen LogP contribution in [0.1, 0.15) is 37.6 Å². The standard InChI is InChI=1S/C12H18BrClN2/c1-3-10-12(13)11(16(2)15-10)7-8-5-4-6-9(8)14/h8-9H,3-7H2,1-2H3. The molecule has 2 rings (SSSR count). The van der Waals surface area contributed by atoms with Crippen LogP contribution in [0.15, 0.2) is 4.47 Å². The minimum absolute atomic E-state index is 0.354. The SMILES string of the molecule is CCc1nn(C)c(CC2CCCC2Cl)c1Br. The molecule has 0 aromatic carbocycles. The van der Waals surface area contributed by atoms with E-state index in [1.807, 2.05) is 11.7 Å². The van der Waals surface area contributed by atoms with E-state index < -0.39 is 0 Å². The van der Waals surface area contributed by atoms with Gasteiger partial charge in [-0.05, 0) is 47.5 Å². The van der Waals surface area contributed by atoms with Crippen molar-refractivity contribution in [2.24, 2.45) is 13.0 Å². The molecule has 1 aromatic rings. The molecular weight excluding hydrogens is 288 g/mol. The van der Waals surface area contributed by atoms with Crippen molar-refractivity contribution in [2.45, 2.75) is 44.4 Å². The van der Waals surface area contributed by atoms with Crippen LogP contribution in [0.2, 0.25) is 0 Å². The smallest absolute Gasteiger partial charge is 0.0766 e. The van der Waals surface area contributed by atoms with Crippen molar-refractivity contribution in [1.29, 1.82) is 0 Å². The molecule has 0 spiro atoms. The highest BCUT2D eigenvalue weighted by Gasteiger charge is 2.27. The van der Waals surface area contributed by atoms with Gasteiger partial charge in [-0.25, -0.2) is 0 Å². The van der Waals surface area contributed by atoms with E-state index in [-0.39, 0.29) is 0 Å². The maximum Gasteiger partial charge on any atom is 0.0766 e. The lowest BCUT2D eigenvalue weighted by molar-refractivity contribution is 0.525. The highest BCUT2D eigenvalue weighted by molar-refractivity contribution is 9.10. The largest absolute Gasteiger partial charge is 0.271 e. The number of halogens is 2. The van der Waals surface area contributed by atoms with Crippen LogP contribution in [0.25, 0.3) is 0 Å². The second kappa shape index (κ2) is 5.09. The lowest BCUT2D eigenvalue weighted by atomic mass is 10.0. The first kappa shape index (κ1) is 12.4. The van der Waals surface area contributed by atoms with Crippen LogP contribution in [0.5, 0.6) is 0 Å². The number of hydrogen-bond donors (Lipinski definition) is 0. The van der Waals surface area contributed by atoms with Gasteiger partial charge in [0.2, 0.25) is 0 Å². The molecule has 2 atom stereocenters. The lowest BCUT2D eigenvalue weighted by Crippen LogP contribution is -2.13. The first-order valence-electron chi connectivity index (χ1n) is 5.97. The van der Waals surface area contributed by atoms with Gasteiger partial charge in [0.15, 0.2) is 0 Å². The second-order valence-corrected chi connectivity index (χ2v) is 5.95. The van der Waals surface area contributed by atoms with Crippen LogP contribution in [0.3, 0.4) is 0 Å². The molecule has 1 fully saturated rings. The van der Waals surface area contributed by atoms with Crippen LogP contribution in [0, 0.1) is 5.92 Å². The summed E-state index contributed by atoms with van der Waals surface area (Å²) in [7, 11) is 2.03. The van der Waals surface area contributed by atoms with E-state index in [1.165, 1.54) is 29.4 Å². The summed E-state index contributed by atoms with van der Waals surface area (Å²) in [5.74, 6) is 0.623. The maximum absolute atomic E-state index is 6.33. The zero-order valence-corrected chi connectivity index (χ0v) is 12.2. The van der Waals surface area contributed by atoms with Gasteiger partial charge in [-0.15, -0.1) is 11.6 Å². The molecule has 0 saturated heterocycles. The molecule has 0 amide bonds. The Labute approximate surface area is 110 Å². The molecule has 4 heteroatoms. The van der Waals surface area contributed by atoms with Crippen molar-refractivity contribution in [3.8, 4) is 0 Å². The van der Waals surface area contributed by atoms with E-state index in [1.54, 1.807) is 0 Å². The monoisotopic (exact) mass is 304 g/mol. The molecule has 1 saturated carbocycles. The predicted molar refractivity (Wildman–Crippen MR) is 71.0 cm³/mol. The van der Waals surface area contributed by atoms with E-state index in [0.29, 0.717) is 11.3 Å². The van der Waals surface area contributed by atoms with Crippen LogP contribution < -0.4 is 0 Å². The van der Waals surface area contributed by atoms with Gasteiger partial charge >= 0.3 is 0 Å². The number of hydrogen-bond acceptors (Lipinski definition) is 1. The fraction of sp³-hybridized carbons (Fsp3) is 0.750. The van der Waals surface area contributed by atoms with Gasteiger partial charge in [-0.2, -0.15) is 5.10 Å². The fourth-order valence-corrected chi connectivity index (χ4v) is 3.66. The lowest BCUT2D eigenvalue weighted by Gasteiger charge is -2.13. The summed E-state index contributed by atoms with van der Waals surface area (Å²) in [5, 5.41) is 4.88. The summed E-state index contributed by atoms with van der Waals surface area (Å²) in [6, 6.07) is 0. The van der Waals surface area contributed by atoms with Gasteiger partial charge in [0.1, 0.15) is 0 Å². The highest BCUT2D eigenvalue weighted by atomic mass is 79.9. The van der Waals surface area contributed by atoms with E-state index in [2.05, 4.69) is 28.0 Å². The number of alkyl halides is 1. The Morgan fingerprint density at radius 1 is 1.50 bits per heavy atom. The Morgan fingerprint density at radius 2 is 2.25 bits per heavy atom. The Balaban J connectivity index is 2.17. The third kappa shape index (κ3) is 2.30. The molecule has 1 aliphatic rings. The molecule has 2 unspecified atom stereocenters. The normalized spacial score (nSPS) is 25.2. The summed E-state index contributed by atoms with van der Waals surface area (Å²) in [5.41, 5.74) is 2.45. The number of aromatic nitrogens is 2. The topological polar surface area (TPSA) is 17.8 Å². The molecule has 90 valence electrons. The molecule has 0 bridgehead atoms. The molecule has 0 aliphatic heterocycles. The molecule has 1 heterocycles. The quantitative estimate of drug-likeness (QED) is 0.779. The van der Waals surface area contributed by atoms with E-state index in [4.69, 9.17) is 11.6 Å². The van der Waals surface area contributed by atoms with Gasteiger partial charge in [-0.1, -0.05) is 13.3 Å².